The molecule has 0 spiro atoms. The van der Waals surface area contributed by atoms with Gasteiger partial charge in [0.1, 0.15) is 11.9 Å². The minimum absolute atomic E-state index is 0. The van der Waals surface area contributed by atoms with Gasteiger partial charge in [-0.3, -0.25) is 4.99 Å². The van der Waals surface area contributed by atoms with Gasteiger partial charge < -0.3 is 20.1 Å². The highest BCUT2D eigenvalue weighted by atomic mass is 127. The first-order valence-electron chi connectivity index (χ1n) is 11.5. The van der Waals surface area contributed by atoms with E-state index in [0.29, 0.717) is 13.2 Å². The molecule has 0 bridgehead atoms. The van der Waals surface area contributed by atoms with Crippen molar-refractivity contribution in [1.82, 2.24) is 15.6 Å². The third kappa shape index (κ3) is 7.05. The molecule has 6 nitrogen and oxygen atoms in total. The van der Waals surface area contributed by atoms with E-state index in [4.69, 9.17) is 14.5 Å². The van der Waals surface area contributed by atoms with Gasteiger partial charge in [-0.1, -0.05) is 12.1 Å². The van der Waals surface area contributed by atoms with E-state index in [1.165, 1.54) is 46.8 Å². The van der Waals surface area contributed by atoms with Gasteiger partial charge in [0.25, 0.3) is 0 Å². The van der Waals surface area contributed by atoms with Crippen LogP contribution < -0.4 is 15.4 Å². The van der Waals surface area contributed by atoms with Crippen LogP contribution >= 0.6 is 35.3 Å². The van der Waals surface area contributed by atoms with E-state index in [2.05, 4.69) is 40.7 Å². The molecule has 1 aliphatic heterocycles. The van der Waals surface area contributed by atoms with Crippen LogP contribution in [-0.2, 0) is 30.5 Å². The number of nitrogens with zero attached hydrogens (tertiary/aromatic N) is 2. The summed E-state index contributed by atoms with van der Waals surface area (Å²) in [6.45, 7) is 5.09. The van der Waals surface area contributed by atoms with Gasteiger partial charge in [0.2, 0.25) is 0 Å². The van der Waals surface area contributed by atoms with Crippen LogP contribution in [0.4, 0.5) is 0 Å². The third-order valence-electron chi connectivity index (χ3n) is 5.82. The molecule has 1 unspecified atom stereocenters. The molecule has 8 heteroatoms. The van der Waals surface area contributed by atoms with Gasteiger partial charge in [-0.05, 0) is 50.7 Å². The fraction of sp³-hybridized carbons (Fsp3) is 0.583. The molecule has 1 fully saturated rings. The molecule has 1 aliphatic carbocycles. The second-order valence-electron chi connectivity index (χ2n) is 8.36. The molecule has 1 aromatic heterocycles. The second-order valence-corrected chi connectivity index (χ2v) is 9.52. The first-order valence-corrected chi connectivity index (χ1v) is 12.3. The van der Waals surface area contributed by atoms with Gasteiger partial charge in [-0.2, -0.15) is 0 Å². The number of nitrogens with one attached hydrogen (secondary N) is 2. The Labute approximate surface area is 212 Å². The maximum atomic E-state index is 6.20. The van der Waals surface area contributed by atoms with Crippen molar-refractivity contribution >= 4 is 41.3 Å². The summed E-state index contributed by atoms with van der Waals surface area (Å²) < 4.78 is 11.7. The van der Waals surface area contributed by atoms with Gasteiger partial charge in [-0.25, -0.2) is 4.98 Å². The number of aromatic nitrogens is 1. The summed E-state index contributed by atoms with van der Waals surface area (Å²) in [6.07, 6.45) is 8.18. The number of ether oxygens (including phenoxy) is 2. The average molecular weight is 571 g/mol. The van der Waals surface area contributed by atoms with Crippen LogP contribution in [-0.4, -0.2) is 43.9 Å². The van der Waals surface area contributed by atoms with Crippen LogP contribution in [0, 0.1) is 6.92 Å². The number of rotatable bonds is 8. The number of benzene rings is 1. The van der Waals surface area contributed by atoms with Crippen molar-refractivity contribution in [3.63, 3.8) is 0 Å². The number of halogens is 1. The SMILES string of the molecule is CN=C(NCCCc1nc2c(s1)CCCC2)NCc1ccc(C)cc1OC1CCOC1.I. The van der Waals surface area contributed by atoms with Crippen LogP contribution in [0.5, 0.6) is 5.75 Å². The standard InChI is InChI=1S/C24H34N4O2S.HI/c1-17-9-10-18(21(14-17)30-19-11-13-29-16-19)15-27-24(25-2)26-12-5-8-23-28-20-6-3-4-7-22(20)31-23;/h9-10,14,19H,3-8,11-13,15-16H2,1-2H3,(H2,25,26,27);1H. The fourth-order valence-electron chi connectivity index (χ4n) is 4.06. The predicted molar refractivity (Wildman–Crippen MR) is 142 cm³/mol. The van der Waals surface area contributed by atoms with E-state index in [-0.39, 0.29) is 30.1 Å². The Hall–Kier alpha value is -1.39. The Balaban J connectivity index is 0.00000289. The van der Waals surface area contributed by atoms with Gasteiger partial charge in [-0.15, -0.1) is 35.3 Å². The van der Waals surface area contributed by atoms with Crippen LogP contribution in [0.3, 0.4) is 0 Å². The Bertz CT molecular complexity index is 873. The van der Waals surface area contributed by atoms with Crippen molar-refractivity contribution < 1.29 is 9.47 Å². The van der Waals surface area contributed by atoms with Crippen molar-refractivity contribution in [3.05, 3.63) is 44.9 Å². The first kappa shape index (κ1) is 25.2. The van der Waals surface area contributed by atoms with Crippen molar-refractivity contribution in [1.29, 1.82) is 0 Å². The lowest BCUT2D eigenvalue weighted by Gasteiger charge is -2.18. The number of aliphatic imine (C=N–C) groups is 1. The number of thiazole rings is 1. The molecule has 1 aromatic carbocycles. The minimum Gasteiger partial charge on any atom is -0.488 e. The summed E-state index contributed by atoms with van der Waals surface area (Å²) >= 11 is 1.92. The maximum Gasteiger partial charge on any atom is 0.191 e. The summed E-state index contributed by atoms with van der Waals surface area (Å²) in [5.74, 6) is 1.75. The molecule has 1 saturated heterocycles. The highest BCUT2D eigenvalue weighted by Crippen LogP contribution is 2.27. The quantitative estimate of drug-likeness (QED) is 0.213. The van der Waals surface area contributed by atoms with Crippen LogP contribution in [0.1, 0.15) is 52.4 Å². The molecular formula is C24H35IN4O2S. The van der Waals surface area contributed by atoms with E-state index >= 15 is 0 Å². The molecule has 0 radical (unpaired) electrons. The van der Waals surface area contributed by atoms with Gasteiger partial charge in [0.15, 0.2) is 5.96 Å². The van der Waals surface area contributed by atoms with Crippen LogP contribution in [0.2, 0.25) is 0 Å². The molecule has 32 heavy (non-hydrogen) atoms. The molecule has 0 saturated carbocycles. The summed E-state index contributed by atoms with van der Waals surface area (Å²) in [5, 5.41) is 8.14. The summed E-state index contributed by atoms with van der Waals surface area (Å²) in [5.41, 5.74) is 3.69. The zero-order chi connectivity index (χ0) is 21.5. The molecular weight excluding hydrogens is 535 g/mol. The molecule has 176 valence electrons. The van der Waals surface area contributed by atoms with Crippen molar-refractivity contribution in [3.8, 4) is 5.75 Å². The van der Waals surface area contributed by atoms with E-state index in [1.807, 2.05) is 18.4 Å². The Morgan fingerprint density at radius 1 is 1.28 bits per heavy atom. The number of hydrogen-bond donors (Lipinski definition) is 2. The smallest absolute Gasteiger partial charge is 0.191 e. The highest BCUT2D eigenvalue weighted by Gasteiger charge is 2.19. The fourth-order valence-corrected chi connectivity index (χ4v) is 5.26. The Kier molecular flexibility index (Phi) is 10.1. The monoisotopic (exact) mass is 570 g/mol. The number of fused-ring (bicyclic) bond motifs is 1. The lowest BCUT2D eigenvalue weighted by Crippen LogP contribution is -2.37. The topological polar surface area (TPSA) is 67.8 Å². The lowest BCUT2D eigenvalue weighted by molar-refractivity contribution is 0.140. The molecule has 2 N–H and O–H groups in total. The van der Waals surface area contributed by atoms with Gasteiger partial charge in [0.05, 0.1) is 23.9 Å². The van der Waals surface area contributed by atoms with E-state index in [0.717, 1.165) is 49.7 Å². The van der Waals surface area contributed by atoms with Crippen LogP contribution in [0.25, 0.3) is 0 Å². The number of hydrogen-bond acceptors (Lipinski definition) is 5. The van der Waals surface area contributed by atoms with Crippen molar-refractivity contribution in [2.75, 3.05) is 26.8 Å². The van der Waals surface area contributed by atoms with Gasteiger partial charge in [0, 0.05) is 43.4 Å². The number of aryl methyl sites for hydroxylation is 4. The Morgan fingerprint density at radius 2 is 2.16 bits per heavy atom. The second kappa shape index (κ2) is 12.7. The zero-order valence-electron chi connectivity index (χ0n) is 19.1. The minimum atomic E-state index is 0. The predicted octanol–water partition coefficient (Wildman–Crippen LogP) is 4.41. The number of guanidine groups is 1. The Morgan fingerprint density at radius 3 is 2.94 bits per heavy atom. The van der Waals surface area contributed by atoms with E-state index < -0.39 is 0 Å². The molecule has 4 rings (SSSR count). The molecule has 2 heterocycles. The highest BCUT2D eigenvalue weighted by molar-refractivity contribution is 14.0. The van der Waals surface area contributed by atoms with Crippen LogP contribution in [0.15, 0.2) is 23.2 Å². The van der Waals surface area contributed by atoms with E-state index in [1.54, 1.807) is 0 Å². The van der Waals surface area contributed by atoms with Gasteiger partial charge >= 0.3 is 0 Å². The maximum absolute atomic E-state index is 6.20. The first-order chi connectivity index (χ1) is 15.2. The normalized spacial score (nSPS) is 18.1. The average Bonchev–Trinajstić information content (AvgIpc) is 3.43. The molecule has 2 aliphatic rings. The van der Waals surface area contributed by atoms with E-state index in [9.17, 15) is 0 Å². The molecule has 2 aromatic rings. The van der Waals surface area contributed by atoms with Crippen molar-refractivity contribution in [2.45, 2.75) is 64.5 Å². The largest absolute Gasteiger partial charge is 0.488 e. The summed E-state index contributed by atoms with van der Waals surface area (Å²) in [6, 6.07) is 6.36. The molecule has 1 atom stereocenters. The lowest BCUT2D eigenvalue weighted by atomic mass is 10.0. The molecule has 0 amide bonds. The summed E-state index contributed by atoms with van der Waals surface area (Å²) in [4.78, 5) is 10.7. The third-order valence-corrected chi connectivity index (χ3v) is 7.04. The zero-order valence-corrected chi connectivity index (χ0v) is 22.3. The summed E-state index contributed by atoms with van der Waals surface area (Å²) in [7, 11) is 1.81. The van der Waals surface area contributed by atoms with Crippen molar-refractivity contribution in [2.24, 2.45) is 4.99 Å².